The van der Waals surface area contributed by atoms with Gasteiger partial charge in [-0.3, -0.25) is 10.2 Å². The zero-order valence-corrected chi connectivity index (χ0v) is 8.82. The van der Waals surface area contributed by atoms with Crippen LogP contribution in [0.15, 0.2) is 0 Å². The van der Waals surface area contributed by atoms with E-state index in [1.807, 2.05) is 6.92 Å². The van der Waals surface area contributed by atoms with Crippen molar-refractivity contribution in [2.24, 2.45) is 11.7 Å². The van der Waals surface area contributed by atoms with Gasteiger partial charge in [0.15, 0.2) is 5.90 Å². The molecule has 1 unspecified atom stereocenters. The summed E-state index contributed by atoms with van der Waals surface area (Å²) in [5, 5.41) is 7.29. The predicted molar refractivity (Wildman–Crippen MR) is 54.2 cm³/mol. The number of halogens is 1. The Kier molecular flexibility index (Phi) is 8.91. The third-order valence-corrected chi connectivity index (χ3v) is 1.73. The number of carbonyl (C=O) groups is 1. The second-order valence-corrected chi connectivity index (χ2v) is 2.83. The normalized spacial score (nSPS) is 11.2. The van der Waals surface area contributed by atoms with E-state index in [0.29, 0.717) is 6.42 Å². The minimum Gasteiger partial charge on any atom is -0.484 e. The molecule has 0 aromatic carbocycles. The van der Waals surface area contributed by atoms with Gasteiger partial charge in [-0.25, -0.2) is 0 Å². The van der Waals surface area contributed by atoms with Gasteiger partial charge >= 0.3 is 0 Å². The molecule has 0 radical (unpaired) electrons. The average Bonchev–Trinajstić information content (AvgIpc) is 2.02. The fourth-order valence-electron chi connectivity index (χ4n) is 0.915. The summed E-state index contributed by atoms with van der Waals surface area (Å²) in [6.07, 6.45) is 1.89. The van der Waals surface area contributed by atoms with Gasteiger partial charge in [-0.1, -0.05) is 6.92 Å². The number of ether oxygens (including phenoxy) is 1. The highest BCUT2D eigenvalue weighted by atomic mass is 35.5. The maximum absolute atomic E-state index is 10.4. The van der Waals surface area contributed by atoms with Crippen molar-refractivity contribution in [2.45, 2.75) is 26.2 Å². The van der Waals surface area contributed by atoms with Crippen molar-refractivity contribution in [2.75, 3.05) is 7.11 Å². The zero-order valence-electron chi connectivity index (χ0n) is 8.00. The topological polar surface area (TPSA) is 76.2 Å². The third-order valence-electron chi connectivity index (χ3n) is 1.73. The van der Waals surface area contributed by atoms with E-state index >= 15 is 0 Å². The van der Waals surface area contributed by atoms with E-state index in [1.54, 1.807) is 0 Å². The molecule has 1 atom stereocenters. The Balaban J connectivity index is 0. The summed E-state index contributed by atoms with van der Waals surface area (Å²) in [6.45, 7) is 1.90. The summed E-state index contributed by atoms with van der Waals surface area (Å²) in [7, 11) is 1.48. The van der Waals surface area contributed by atoms with Crippen molar-refractivity contribution in [3.05, 3.63) is 0 Å². The minimum absolute atomic E-state index is 0. The first-order valence-electron chi connectivity index (χ1n) is 3.98. The molecular formula is C8H17ClN2O2. The highest BCUT2D eigenvalue weighted by Crippen LogP contribution is 2.08. The van der Waals surface area contributed by atoms with Crippen molar-refractivity contribution in [1.82, 2.24) is 0 Å². The van der Waals surface area contributed by atoms with Crippen LogP contribution in [-0.4, -0.2) is 18.9 Å². The number of hydrogen-bond donors (Lipinski definition) is 2. The molecule has 13 heavy (non-hydrogen) atoms. The highest BCUT2D eigenvalue weighted by Gasteiger charge is 2.08. The lowest BCUT2D eigenvalue weighted by atomic mass is 10.0. The zero-order chi connectivity index (χ0) is 9.56. The Hall–Kier alpha value is -0.770. The molecule has 0 fully saturated rings. The largest absolute Gasteiger partial charge is 0.484 e. The van der Waals surface area contributed by atoms with E-state index < -0.39 is 0 Å². The standard InChI is InChI=1S/C8H16N2O2.ClH/c1-6(8(10)12-2)4-3-5-7(9)11;/h6,10H,3-5H2,1-2H3,(H2,9,11);1H. The van der Waals surface area contributed by atoms with Gasteiger partial charge in [0.2, 0.25) is 5.91 Å². The molecule has 0 aliphatic rings. The summed E-state index contributed by atoms with van der Waals surface area (Å²) in [5.74, 6) is 0.0555. The van der Waals surface area contributed by atoms with Crippen molar-refractivity contribution in [3.63, 3.8) is 0 Å². The molecule has 3 N–H and O–H groups in total. The second-order valence-electron chi connectivity index (χ2n) is 2.83. The van der Waals surface area contributed by atoms with Crippen LogP contribution in [-0.2, 0) is 9.53 Å². The molecule has 0 heterocycles. The maximum atomic E-state index is 10.4. The first kappa shape index (κ1) is 14.7. The molecule has 4 nitrogen and oxygen atoms in total. The number of amides is 1. The number of rotatable bonds is 5. The first-order valence-corrected chi connectivity index (χ1v) is 3.98. The van der Waals surface area contributed by atoms with Crippen LogP contribution in [0.25, 0.3) is 0 Å². The summed E-state index contributed by atoms with van der Waals surface area (Å²) in [6, 6.07) is 0. The van der Waals surface area contributed by atoms with E-state index in [4.69, 9.17) is 15.9 Å². The van der Waals surface area contributed by atoms with E-state index in [2.05, 4.69) is 0 Å². The summed E-state index contributed by atoms with van der Waals surface area (Å²) in [5.41, 5.74) is 4.96. The molecule has 1 amide bonds. The summed E-state index contributed by atoms with van der Waals surface area (Å²) >= 11 is 0. The quantitative estimate of drug-likeness (QED) is 0.528. The Labute approximate surface area is 84.7 Å². The van der Waals surface area contributed by atoms with Crippen molar-refractivity contribution in [3.8, 4) is 0 Å². The summed E-state index contributed by atoms with van der Waals surface area (Å²) in [4.78, 5) is 10.4. The molecule has 0 saturated heterocycles. The van der Waals surface area contributed by atoms with Crippen LogP contribution in [0.4, 0.5) is 0 Å². The van der Waals surface area contributed by atoms with Gasteiger partial charge < -0.3 is 10.5 Å². The fraction of sp³-hybridized carbons (Fsp3) is 0.750. The van der Waals surface area contributed by atoms with Gasteiger partial charge in [0, 0.05) is 12.3 Å². The third kappa shape index (κ3) is 7.59. The maximum Gasteiger partial charge on any atom is 0.217 e. The van der Waals surface area contributed by atoms with Gasteiger partial charge in [0.05, 0.1) is 7.11 Å². The molecule has 0 aromatic heterocycles. The number of nitrogens with two attached hydrogens (primary N) is 1. The first-order chi connectivity index (χ1) is 5.57. The van der Waals surface area contributed by atoms with E-state index in [0.717, 1.165) is 12.8 Å². The van der Waals surface area contributed by atoms with Crippen LogP contribution >= 0.6 is 12.4 Å². The molecule has 0 aliphatic heterocycles. The van der Waals surface area contributed by atoms with Crippen LogP contribution in [0.3, 0.4) is 0 Å². The minimum atomic E-state index is -0.286. The Morgan fingerprint density at radius 1 is 1.62 bits per heavy atom. The Morgan fingerprint density at radius 3 is 2.54 bits per heavy atom. The number of primary amides is 1. The lowest BCUT2D eigenvalue weighted by molar-refractivity contribution is -0.118. The molecule has 0 rings (SSSR count). The van der Waals surface area contributed by atoms with Gasteiger partial charge in [0.1, 0.15) is 0 Å². The molecule has 0 saturated carbocycles. The van der Waals surface area contributed by atoms with Gasteiger partial charge in [-0.2, -0.15) is 0 Å². The fourth-order valence-corrected chi connectivity index (χ4v) is 0.915. The molecule has 5 heteroatoms. The molecular weight excluding hydrogens is 192 g/mol. The van der Waals surface area contributed by atoms with Crippen molar-refractivity contribution >= 4 is 24.2 Å². The number of carbonyl (C=O) groups excluding carboxylic acids is 1. The monoisotopic (exact) mass is 208 g/mol. The van der Waals surface area contributed by atoms with Crippen molar-refractivity contribution < 1.29 is 9.53 Å². The van der Waals surface area contributed by atoms with Gasteiger partial charge in [-0.05, 0) is 12.8 Å². The lowest BCUT2D eigenvalue weighted by Gasteiger charge is -2.10. The Morgan fingerprint density at radius 2 is 2.15 bits per heavy atom. The molecule has 0 aromatic rings. The average molecular weight is 209 g/mol. The number of nitrogens with one attached hydrogen (secondary N) is 1. The van der Waals surface area contributed by atoms with E-state index in [9.17, 15) is 4.79 Å². The smallest absolute Gasteiger partial charge is 0.217 e. The number of hydrogen-bond acceptors (Lipinski definition) is 3. The highest BCUT2D eigenvalue weighted by molar-refractivity contribution is 5.85. The van der Waals surface area contributed by atoms with Crippen molar-refractivity contribution in [1.29, 1.82) is 5.41 Å². The number of methoxy groups -OCH3 is 1. The second kappa shape index (κ2) is 7.86. The van der Waals surface area contributed by atoms with E-state index in [-0.39, 0.29) is 30.1 Å². The van der Waals surface area contributed by atoms with Crippen LogP contribution < -0.4 is 5.73 Å². The summed E-state index contributed by atoms with van der Waals surface area (Å²) < 4.78 is 4.74. The SMILES string of the molecule is COC(=N)C(C)CCCC(N)=O.Cl. The molecule has 0 spiro atoms. The van der Waals surface area contributed by atoms with Gasteiger partial charge in [-0.15, -0.1) is 12.4 Å². The van der Waals surface area contributed by atoms with Crippen LogP contribution in [0, 0.1) is 11.3 Å². The predicted octanol–water partition coefficient (Wildman–Crippen LogP) is 1.32. The van der Waals surface area contributed by atoms with Crippen LogP contribution in [0.1, 0.15) is 26.2 Å². The van der Waals surface area contributed by atoms with Crippen LogP contribution in [0.5, 0.6) is 0 Å². The van der Waals surface area contributed by atoms with E-state index in [1.165, 1.54) is 7.11 Å². The van der Waals surface area contributed by atoms with Gasteiger partial charge in [0.25, 0.3) is 0 Å². The molecule has 0 bridgehead atoms. The Bertz CT molecular complexity index is 174. The lowest BCUT2D eigenvalue weighted by Crippen LogP contribution is -2.14. The molecule has 78 valence electrons. The molecule has 0 aliphatic carbocycles. The van der Waals surface area contributed by atoms with Crippen LogP contribution in [0.2, 0.25) is 0 Å².